The second kappa shape index (κ2) is 3.53. The van der Waals surface area contributed by atoms with Crippen LogP contribution in [0.25, 0.3) is 11.0 Å². The fourth-order valence-electron chi connectivity index (χ4n) is 2.27. The SMILES string of the molecule is CC1(C)CN(c2ncnc3ccc(Cl)nc23)C1. The van der Waals surface area contributed by atoms with Crippen molar-refractivity contribution in [3.63, 3.8) is 0 Å². The normalized spacial score (nSPS) is 18.2. The molecule has 2 aromatic rings. The molecule has 88 valence electrons. The molecule has 3 rings (SSSR count). The number of hydrogen-bond donors (Lipinski definition) is 0. The summed E-state index contributed by atoms with van der Waals surface area (Å²) in [6, 6.07) is 3.63. The summed E-state index contributed by atoms with van der Waals surface area (Å²) in [4.78, 5) is 15.1. The Kier molecular flexibility index (Phi) is 2.23. The monoisotopic (exact) mass is 248 g/mol. The van der Waals surface area contributed by atoms with Crippen molar-refractivity contribution >= 4 is 28.5 Å². The number of hydrogen-bond acceptors (Lipinski definition) is 4. The lowest BCUT2D eigenvalue weighted by atomic mass is 9.84. The van der Waals surface area contributed by atoms with Crippen LogP contribution >= 0.6 is 11.6 Å². The van der Waals surface area contributed by atoms with Crippen LogP contribution in [0.3, 0.4) is 0 Å². The van der Waals surface area contributed by atoms with Gasteiger partial charge in [-0.05, 0) is 17.5 Å². The molecule has 1 aliphatic heterocycles. The van der Waals surface area contributed by atoms with Crippen molar-refractivity contribution in [3.8, 4) is 0 Å². The molecule has 2 aromatic heterocycles. The number of rotatable bonds is 1. The average molecular weight is 249 g/mol. The first-order valence-electron chi connectivity index (χ1n) is 5.57. The second-order valence-electron chi connectivity index (χ2n) is 5.22. The fraction of sp³-hybridized carbons (Fsp3) is 0.417. The van der Waals surface area contributed by atoms with Crippen molar-refractivity contribution in [3.05, 3.63) is 23.6 Å². The minimum absolute atomic E-state index is 0.357. The molecule has 1 aliphatic rings. The van der Waals surface area contributed by atoms with Crippen molar-refractivity contribution in [1.82, 2.24) is 15.0 Å². The summed E-state index contributed by atoms with van der Waals surface area (Å²) in [5, 5.41) is 0.480. The molecule has 0 aromatic carbocycles. The first-order chi connectivity index (χ1) is 8.05. The molecule has 1 saturated heterocycles. The van der Waals surface area contributed by atoms with Crippen LogP contribution in [0, 0.1) is 5.41 Å². The van der Waals surface area contributed by atoms with Gasteiger partial charge in [0.05, 0.1) is 5.52 Å². The fourth-order valence-corrected chi connectivity index (χ4v) is 2.42. The molecular formula is C12H13ClN4. The summed E-state index contributed by atoms with van der Waals surface area (Å²) in [6.07, 6.45) is 1.58. The predicted octanol–water partition coefficient (Wildman–Crippen LogP) is 2.52. The number of aromatic nitrogens is 3. The van der Waals surface area contributed by atoms with Crippen LogP contribution < -0.4 is 4.90 Å². The standard InChI is InChI=1S/C12H13ClN4/c1-12(2)5-17(6-12)11-10-8(14-7-15-11)3-4-9(13)16-10/h3-4,7H,5-6H2,1-2H3. The lowest BCUT2D eigenvalue weighted by Crippen LogP contribution is -2.53. The zero-order valence-corrected chi connectivity index (χ0v) is 10.6. The molecular weight excluding hydrogens is 236 g/mol. The van der Waals surface area contributed by atoms with E-state index in [0.717, 1.165) is 29.9 Å². The van der Waals surface area contributed by atoms with Gasteiger partial charge in [-0.1, -0.05) is 25.4 Å². The highest BCUT2D eigenvalue weighted by molar-refractivity contribution is 6.29. The van der Waals surface area contributed by atoms with E-state index in [-0.39, 0.29) is 0 Å². The average Bonchev–Trinajstić information content (AvgIpc) is 2.25. The molecule has 4 nitrogen and oxygen atoms in total. The van der Waals surface area contributed by atoms with Crippen LogP contribution in [0.5, 0.6) is 0 Å². The maximum atomic E-state index is 5.93. The topological polar surface area (TPSA) is 41.9 Å². The number of nitrogens with zero attached hydrogens (tertiary/aromatic N) is 4. The van der Waals surface area contributed by atoms with E-state index in [1.54, 1.807) is 12.4 Å². The lowest BCUT2D eigenvalue weighted by Gasteiger charge is -2.46. The minimum atomic E-state index is 0.357. The summed E-state index contributed by atoms with van der Waals surface area (Å²) in [5.41, 5.74) is 1.98. The molecule has 0 unspecified atom stereocenters. The maximum Gasteiger partial charge on any atom is 0.158 e. The van der Waals surface area contributed by atoms with Crippen molar-refractivity contribution < 1.29 is 0 Å². The number of anilines is 1. The van der Waals surface area contributed by atoms with E-state index in [2.05, 4.69) is 33.7 Å². The van der Waals surface area contributed by atoms with Crippen LogP contribution in [-0.2, 0) is 0 Å². The van der Waals surface area contributed by atoms with E-state index in [1.165, 1.54) is 0 Å². The summed E-state index contributed by atoms with van der Waals surface area (Å²) >= 11 is 5.93. The smallest absolute Gasteiger partial charge is 0.158 e. The van der Waals surface area contributed by atoms with Crippen LogP contribution in [0.15, 0.2) is 18.5 Å². The van der Waals surface area contributed by atoms with Crippen LogP contribution in [0.1, 0.15) is 13.8 Å². The Labute approximate surface area is 105 Å². The first-order valence-corrected chi connectivity index (χ1v) is 5.95. The van der Waals surface area contributed by atoms with Gasteiger partial charge in [0.1, 0.15) is 17.0 Å². The van der Waals surface area contributed by atoms with Crippen molar-refractivity contribution in [1.29, 1.82) is 0 Å². The van der Waals surface area contributed by atoms with Gasteiger partial charge in [0.2, 0.25) is 0 Å². The quantitative estimate of drug-likeness (QED) is 0.728. The molecule has 0 spiro atoms. The molecule has 0 amide bonds. The molecule has 0 atom stereocenters. The van der Waals surface area contributed by atoms with Crippen LogP contribution in [0.2, 0.25) is 5.15 Å². The van der Waals surface area contributed by atoms with Gasteiger partial charge < -0.3 is 4.90 Å². The van der Waals surface area contributed by atoms with E-state index >= 15 is 0 Å². The van der Waals surface area contributed by atoms with E-state index in [0.29, 0.717) is 10.6 Å². The van der Waals surface area contributed by atoms with Crippen molar-refractivity contribution in [2.24, 2.45) is 5.41 Å². The predicted molar refractivity (Wildman–Crippen MR) is 68.3 cm³/mol. The van der Waals surface area contributed by atoms with Gasteiger partial charge in [0.25, 0.3) is 0 Å². The maximum absolute atomic E-state index is 5.93. The lowest BCUT2D eigenvalue weighted by molar-refractivity contribution is 0.275. The molecule has 0 saturated carbocycles. The highest BCUT2D eigenvalue weighted by atomic mass is 35.5. The summed E-state index contributed by atoms with van der Waals surface area (Å²) in [7, 11) is 0. The Bertz CT molecular complexity index is 574. The first kappa shape index (κ1) is 10.7. The van der Waals surface area contributed by atoms with Crippen LogP contribution in [-0.4, -0.2) is 28.0 Å². The Morgan fingerprint density at radius 1 is 1.24 bits per heavy atom. The van der Waals surface area contributed by atoms with E-state index < -0.39 is 0 Å². The van der Waals surface area contributed by atoms with Gasteiger partial charge in [-0.15, -0.1) is 0 Å². The zero-order chi connectivity index (χ0) is 12.0. The van der Waals surface area contributed by atoms with E-state index in [4.69, 9.17) is 11.6 Å². The van der Waals surface area contributed by atoms with Crippen LogP contribution in [0.4, 0.5) is 5.82 Å². The van der Waals surface area contributed by atoms with Gasteiger partial charge in [-0.2, -0.15) is 0 Å². The minimum Gasteiger partial charge on any atom is -0.353 e. The summed E-state index contributed by atoms with van der Waals surface area (Å²) < 4.78 is 0. The molecule has 0 bridgehead atoms. The molecule has 17 heavy (non-hydrogen) atoms. The molecule has 3 heterocycles. The van der Waals surface area contributed by atoms with Gasteiger partial charge >= 0.3 is 0 Å². The van der Waals surface area contributed by atoms with Gasteiger partial charge in [0, 0.05) is 13.1 Å². The van der Waals surface area contributed by atoms with Gasteiger partial charge in [0.15, 0.2) is 5.82 Å². The molecule has 1 fully saturated rings. The number of fused-ring (bicyclic) bond motifs is 1. The summed E-state index contributed by atoms with van der Waals surface area (Å²) in [6.45, 7) is 6.47. The Morgan fingerprint density at radius 3 is 2.71 bits per heavy atom. The number of halogens is 1. The molecule has 0 aliphatic carbocycles. The third kappa shape index (κ3) is 1.82. The van der Waals surface area contributed by atoms with E-state index in [1.807, 2.05) is 6.07 Å². The molecule has 0 radical (unpaired) electrons. The van der Waals surface area contributed by atoms with E-state index in [9.17, 15) is 0 Å². The van der Waals surface area contributed by atoms with Gasteiger partial charge in [-0.25, -0.2) is 15.0 Å². The third-order valence-corrected chi connectivity index (χ3v) is 3.18. The second-order valence-corrected chi connectivity index (χ2v) is 5.61. The Morgan fingerprint density at radius 2 is 2.00 bits per heavy atom. The Hall–Kier alpha value is -1.42. The number of pyridine rings is 1. The highest BCUT2D eigenvalue weighted by Crippen LogP contribution is 2.34. The third-order valence-electron chi connectivity index (χ3n) is 2.97. The molecule has 0 N–H and O–H groups in total. The largest absolute Gasteiger partial charge is 0.353 e. The summed E-state index contributed by atoms with van der Waals surface area (Å²) in [5.74, 6) is 0.886. The van der Waals surface area contributed by atoms with Crippen molar-refractivity contribution in [2.45, 2.75) is 13.8 Å². The molecule has 5 heteroatoms. The zero-order valence-electron chi connectivity index (χ0n) is 9.81. The Balaban J connectivity index is 2.08. The van der Waals surface area contributed by atoms with Crippen molar-refractivity contribution in [2.75, 3.05) is 18.0 Å². The highest BCUT2D eigenvalue weighted by Gasteiger charge is 2.35. The van der Waals surface area contributed by atoms with Gasteiger partial charge in [-0.3, -0.25) is 0 Å².